The molecule has 1 aromatic rings. The molecule has 3 rings (SSSR count). The van der Waals surface area contributed by atoms with Gasteiger partial charge in [-0.05, 0) is 67.2 Å². The van der Waals surface area contributed by atoms with Gasteiger partial charge in [-0.1, -0.05) is 131 Å². The van der Waals surface area contributed by atoms with Crippen LogP contribution in [0.25, 0.3) is 11.1 Å². The number of benzene rings is 1. The van der Waals surface area contributed by atoms with Gasteiger partial charge in [0, 0.05) is 25.0 Å². The van der Waals surface area contributed by atoms with Crippen molar-refractivity contribution in [2.24, 2.45) is 21.7 Å². The lowest BCUT2D eigenvalue weighted by atomic mass is 9.83. The van der Waals surface area contributed by atoms with Crippen molar-refractivity contribution in [3.05, 3.63) is 69.5 Å². The Labute approximate surface area is 241 Å². The molecule has 0 bridgehead atoms. The molecule has 38 heavy (non-hydrogen) atoms. The molecule has 210 valence electrons. The first-order valence-electron chi connectivity index (χ1n) is 13.7. The maximum absolute atomic E-state index is 6.26. The van der Waals surface area contributed by atoms with E-state index >= 15 is 0 Å². The predicted octanol–water partition coefficient (Wildman–Crippen LogP) is 10.6. The molecule has 0 aliphatic carbocycles. The van der Waals surface area contributed by atoms with E-state index in [0.29, 0.717) is 0 Å². The van der Waals surface area contributed by atoms with Crippen LogP contribution in [0.15, 0.2) is 58.4 Å². The third-order valence-electron chi connectivity index (χ3n) is 7.51. The SMILES string of the molecule is COC1(C(C)(C)C)C=C(c2ccc(C3=CC(OC)(C(C)(C)C)SC(C(C)(C)C)=C3)cc2)C=C(C(C)(C)C)S1. The first kappa shape index (κ1) is 31.3. The minimum Gasteiger partial charge on any atom is -0.363 e. The number of allylic oxidation sites excluding steroid dienone is 6. The molecule has 2 atom stereocenters. The molecule has 0 amide bonds. The Morgan fingerprint density at radius 1 is 0.526 bits per heavy atom. The van der Waals surface area contributed by atoms with Gasteiger partial charge in [-0.25, -0.2) is 0 Å². The summed E-state index contributed by atoms with van der Waals surface area (Å²) in [5, 5.41) is 0. The van der Waals surface area contributed by atoms with E-state index in [-0.39, 0.29) is 21.7 Å². The van der Waals surface area contributed by atoms with Crippen molar-refractivity contribution >= 4 is 34.7 Å². The molecular weight excluding hydrogens is 505 g/mol. The molecule has 1 aromatic carbocycles. The van der Waals surface area contributed by atoms with Crippen molar-refractivity contribution in [3.63, 3.8) is 0 Å². The third kappa shape index (κ3) is 6.09. The van der Waals surface area contributed by atoms with E-state index in [2.05, 4.69) is 132 Å². The van der Waals surface area contributed by atoms with Gasteiger partial charge >= 0.3 is 0 Å². The van der Waals surface area contributed by atoms with Gasteiger partial charge in [0.2, 0.25) is 0 Å². The molecule has 2 aliphatic rings. The minimum absolute atomic E-state index is 0.0360. The Hall–Kier alpha value is -1.20. The van der Waals surface area contributed by atoms with Crippen molar-refractivity contribution < 1.29 is 9.47 Å². The van der Waals surface area contributed by atoms with Crippen molar-refractivity contribution in [1.82, 2.24) is 0 Å². The number of hydrogen-bond donors (Lipinski definition) is 0. The molecule has 0 fully saturated rings. The van der Waals surface area contributed by atoms with Crippen molar-refractivity contribution in [3.8, 4) is 0 Å². The predicted molar refractivity (Wildman–Crippen MR) is 171 cm³/mol. The molecule has 2 nitrogen and oxygen atoms in total. The lowest BCUT2D eigenvalue weighted by Gasteiger charge is -2.45. The van der Waals surface area contributed by atoms with Gasteiger partial charge in [0.15, 0.2) is 0 Å². The van der Waals surface area contributed by atoms with Crippen LogP contribution in [0, 0.1) is 21.7 Å². The molecule has 0 saturated carbocycles. The topological polar surface area (TPSA) is 18.5 Å². The zero-order valence-electron chi connectivity index (χ0n) is 26.3. The summed E-state index contributed by atoms with van der Waals surface area (Å²) in [6, 6.07) is 9.04. The number of ether oxygens (including phenoxy) is 2. The van der Waals surface area contributed by atoms with Crippen LogP contribution < -0.4 is 0 Å². The Morgan fingerprint density at radius 2 is 0.816 bits per heavy atom. The normalized spacial score (nSPS) is 25.4. The maximum atomic E-state index is 6.26. The van der Waals surface area contributed by atoms with Crippen LogP contribution in [0.2, 0.25) is 0 Å². The molecule has 2 unspecified atom stereocenters. The summed E-state index contributed by atoms with van der Waals surface area (Å²) in [7, 11) is 3.68. The second-order valence-corrected chi connectivity index (χ2v) is 17.2. The molecule has 2 heterocycles. The molecule has 0 N–H and O–H groups in total. The summed E-state index contributed by atoms with van der Waals surface area (Å²) < 4.78 is 12.5. The summed E-state index contributed by atoms with van der Waals surface area (Å²) in [5.74, 6) is 0. The van der Waals surface area contributed by atoms with Crippen LogP contribution in [0.1, 0.15) is 94.2 Å². The van der Waals surface area contributed by atoms with Crippen LogP contribution in [-0.4, -0.2) is 24.1 Å². The maximum Gasteiger partial charge on any atom is 0.141 e. The number of hydrogen-bond acceptors (Lipinski definition) is 4. The van der Waals surface area contributed by atoms with Gasteiger partial charge in [-0.2, -0.15) is 0 Å². The van der Waals surface area contributed by atoms with E-state index in [4.69, 9.17) is 9.47 Å². The van der Waals surface area contributed by atoms with E-state index in [1.54, 1.807) is 0 Å². The highest BCUT2D eigenvalue weighted by molar-refractivity contribution is 8.04. The van der Waals surface area contributed by atoms with E-state index in [0.717, 1.165) is 0 Å². The Kier molecular flexibility index (Phi) is 8.51. The van der Waals surface area contributed by atoms with Crippen molar-refractivity contribution in [1.29, 1.82) is 0 Å². The largest absolute Gasteiger partial charge is 0.363 e. The van der Waals surface area contributed by atoms with E-state index in [9.17, 15) is 0 Å². The van der Waals surface area contributed by atoms with E-state index in [1.165, 1.54) is 32.1 Å². The Morgan fingerprint density at radius 3 is 1.03 bits per heavy atom. The van der Waals surface area contributed by atoms with Gasteiger partial charge in [-0.15, -0.1) is 0 Å². The lowest BCUT2D eigenvalue weighted by molar-refractivity contribution is 0.0236. The Balaban J connectivity index is 2.13. The molecule has 0 radical (unpaired) electrons. The van der Waals surface area contributed by atoms with Crippen LogP contribution >= 0.6 is 23.5 Å². The fraction of sp³-hybridized carbons (Fsp3) is 0.588. The van der Waals surface area contributed by atoms with Crippen LogP contribution in [-0.2, 0) is 9.47 Å². The number of rotatable bonds is 4. The van der Waals surface area contributed by atoms with Crippen molar-refractivity contribution in [2.75, 3.05) is 14.2 Å². The monoisotopic (exact) mass is 554 g/mol. The van der Waals surface area contributed by atoms with Crippen molar-refractivity contribution in [2.45, 2.75) is 93.0 Å². The van der Waals surface area contributed by atoms with Crippen LogP contribution in [0.3, 0.4) is 0 Å². The molecule has 0 saturated heterocycles. The average Bonchev–Trinajstić information content (AvgIpc) is 2.80. The highest BCUT2D eigenvalue weighted by Gasteiger charge is 2.47. The highest BCUT2D eigenvalue weighted by atomic mass is 32.2. The van der Waals surface area contributed by atoms with Gasteiger partial charge in [0.25, 0.3) is 0 Å². The standard InChI is InChI=1S/C34H50O2S2/c1-29(2,3)27-19-25(21-33(35-13,37-27)31(7,8)9)23-15-17-24(18-16-23)26-20-28(30(4,5)6)38-34(22-26,36-14)32(10,11)12/h15-22H,1-14H3. The van der Waals surface area contributed by atoms with E-state index in [1.807, 2.05) is 37.7 Å². The van der Waals surface area contributed by atoms with Crippen LogP contribution in [0.4, 0.5) is 0 Å². The van der Waals surface area contributed by atoms with Crippen LogP contribution in [0.5, 0.6) is 0 Å². The van der Waals surface area contributed by atoms with Gasteiger partial charge < -0.3 is 9.47 Å². The molecule has 0 aromatic heterocycles. The number of methoxy groups -OCH3 is 2. The molecule has 4 heteroatoms. The average molecular weight is 555 g/mol. The smallest absolute Gasteiger partial charge is 0.141 e. The van der Waals surface area contributed by atoms with E-state index < -0.39 is 9.87 Å². The summed E-state index contributed by atoms with van der Waals surface area (Å²) in [4.78, 5) is 1.82. The fourth-order valence-electron chi connectivity index (χ4n) is 4.70. The summed E-state index contributed by atoms with van der Waals surface area (Å²) in [6.07, 6.45) is 9.36. The first-order chi connectivity index (χ1) is 17.2. The second-order valence-electron chi connectivity index (χ2n) is 14.7. The van der Waals surface area contributed by atoms with Gasteiger partial charge in [0.1, 0.15) is 9.87 Å². The molecular formula is C34H50O2S2. The third-order valence-corrected chi connectivity index (χ3v) is 11.8. The molecule has 2 aliphatic heterocycles. The summed E-state index contributed by atoms with van der Waals surface area (Å²) >= 11 is 3.71. The van der Waals surface area contributed by atoms with Gasteiger partial charge in [-0.3, -0.25) is 0 Å². The molecule has 0 spiro atoms. The lowest BCUT2D eigenvalue weighted by Crippen LogP contribution is -2.42. The zero-order chi connectivity index (χ0) is 28.9. The Bertz CT molecular complexity index is 1060. The summed E-state index contributed by atoms with van der Waals surface area (Å²) in [5.41, 5.74) is 4.79. The summed E-state index contributed by atoms with van der Waals surface area (Å²) in [6.45, 7) is 27.3. The minimum atomic E-state index is -0.434. The quantitative estimate of drug-likeness (QED) is 0.368. The number of thioether (sulfide) groups is 2. The highest BCUT2D eigenvalue weighted by Crippen LogP contribution is 2.57. The zero-order valence-corrected chi connectivity index (χ0v) is 27.9. The second kappa shape index (κ2) is 10.3. The fourth-order valence-corrected chi connectivity index (χ4v) is 7.49. The first-order valence-corrected chi connectivity index (χ1v) is 15.3. The van der Waals surface area contributed by atoms with Gasteiger partial charge in [0.05, 0.1) is 0 Å².